The normalized spacial score (nSPS) is 19.3. The number of hydrogen-bond donors (Lipinski definition) is 1. The standard InChI is InChI=1S/C14H16F2N2O4S/c1-2-18(10-5-6-23(21,22)8-10)14(20)13(19)17-9-3-4-11(15)12(16)7-9/h3-4,7,10H,2,5-6,8H2,1H3,(H,17,19). The van der Waals surface area contributed by atoms with E-state index in [0.717, 1.165) is 18.2 Å². The fraction of sp³-hybridized carbons (Fsp3) is 0.429. The number of anilines is 1. The number of rotatable bonds is 3. The summed E-state index contributed by atoms with van der Waals surface area (Å²) in [5.41, 5.74) is -0.0580. The van der Waals surface area contributed by atoms with Crippen LogP contribution in [0.2, 0.25) is 0 Å². The van der Waals surface area contributed by atoms with Gasteiger partial charge in [0.25, 0.3) is 0 Å². The van der Waals surface area contributed by atoms with Crippen LogP contribution in [0.25, 0.3) is 0 Å². The highest BCUT2D eigenvalue weighted by Crippen LogP contribution is 2.18. The van der Waals surface area contributed by atoms with Crippen molar-refractivity contribution in [3.05, 3.63) is 29.8 Å². The second kappa shape index (κ2) is 6.61. The molecule has 1 atom stereocenters. The number of benzene rings is 1. The van der Waals surface area contributed by atoms with Gasteiger partial charge in [-0.05, 0) is 25.5 Å². The summed E-state index contributed by atoms with van der Waals surface area (Å²) in [5.74, 6) is -4.34. The molecule has 0 radical (unpaired) electrons. The molecule has 0 spiro atoms. The second-order valence-corrected chi connectivity index (χ2v) is 7.46. The first-order valence-corrected chi connectivity index (χ1v) is 8.83. The molecule has 0 aliphatic carbocycles. The Labute approximate surface area is 132 Å². The largest absolute Gasteiger partial charge is 0.331 e. The molecule has 1 unspecified atom stereocenters. The highest BCUT2D eigenvalue weighted by Gasteiger charge is 2.36. The fourth-order valence-electron chi connectivity index (χ4n) is 2.48. The Morgan fingerprint density at radius 1 is 1.30 bits per heavy atom. The van der Waals surface area contributed by atoms with Crippen molar-refractivity contribution < 1.29 is 26.8 Å². The molecule has 1 aliphatic rings. The third kappa shape index (κ3) is 4.04. The maximum Gasteiger partial charge on any atom is 0.313 e. The summed E-state index contributed by atoms with van der Waals surface area (Å²) in [6.07, 6.45) is 0.278. The molecule has 0 bridgehead atoms. The minimum absolute atomic E-state index is 0.0216. The molecule has 1 N–H and O–H groups in total. The summed E-state index contributed by atoms with van der Waals surface area (Å²) in [5, 5.41) is 2.18. The highest BCUT2D eigenvalue weighted by molar-refractivity contribution is 7.91. The second-order valence-electron chi connectivity index (χ2n) is 5.23. The van der Waals surface area contributed by atoms with Crippen molar-refractivity contribution in [3.8, 4) is 0 Å². The minimum Gasteiger partial charge on any atom is -0.331 e. The van der Waals surface area contributed by atoms with Crippen molar-refractivity contribution in [1.82, 2.24) is 4.90 Å². The van der Waals surface area contributed by atoms with Crippen LogP contribution in [0, 0.1) is 11.6 Å². The van der Waals surface area contributed by atoms with Crippen LogP contribution in [-0.4, -0.2) is 49.2 Å². The molecule has 1 aliphatic heterocycles. The fourth-order valence-corrected chi connectivity index (χ4v) is 4.21. The van der Waals surface area contributed by atoms with Crippen molar-refractivity contribution in [1.29, 1.82) is 0 Å². The average molecular weight is 346 g/mol. The Balaban J connectivity index is 2.08. The molecule has 6 nitrogen and oxygen atoms in total. The molecule has 2 amide bonds. The summed E-state index contributed by atoms with van der Waals surface area (Å²) in [6.45, 7) is 1.80. The number of carbonyl (C=O) groups is 2. The number of hydrogen-bond acceptors (Lipinski definition) is 4. The molecule has 0 saturated carbocycles. The van der Waals surface area contributed by atoms with Crippen LogP contribution in [0.3, 0.4) is 0 Å². The van der Waals surface area contributed by atoms with Crippen molar-refractivity contribution >= 4 is 27.3 Å². The predicted molar refractivity (Wildman–Crippen MR) is 79.4 cm³/mol. The third-order valence-electron chi connectivity index (χ3n) is 3.62. The van der Waals surface area contributed by atoms with Crippen molar-refractivity contribution in [2.45, 2.75) is 19.4 Å². The van der Waals surface area contributed by atoms with E-state index in [1.54, 1.807) is 6.92 Å². The number of likely N-dealkylation sites (N-methyl/N-ethyl adjacent to an activating group) is 1. The zero-order chi connectivity index (χ0) is 17.2. The number of nitrogens with zero attached hydrogens (tertiary/aromatic N) is 1. The zero-order valence-corrected chi connectivity index (χ0v) is 13.2. The molecule has 9 heteroatoms. The molecule has 1 saturated heterocycles. The third-order valence-corrected chi connectivity index (χ3v) is 5.37. The Hall–Kier alpha value is -2.03. The molecular weight excluding hydrogens is 330 g/mol. The van der Waals surface area contributed by atoms with E-state index in [1.807, 2.05) is 0 Å². The van der Waals surface area contributed by atoms with E-state index in [4.69, 9.17) is 0 Å². The Morgan fingerprint density at radius 3 is 2.52 bits per heavy atom. The summed E-state index contributed by atoms with van der Waals surface area (Å²) in [7, 11) is -3.20. The number of carbonyl (C=O) groups excluding carboxylic acids is 2. The Morgan fingerprint density at radius 2 is 2.00 bits per heavy atom. The van der Waals surface area contributed by atoms with Crippen molar-refractivity contribution in [2.24, 2.45) is 0 Å². The minimum atomic E-state index is -3.20. The van der Waals surface area contributed by atoms with E-state index in [1.165, 1.54) is 4.90 Å². The number of halogens is 2. The lowest BCUT2D eigenvalue weighted by atomic mass is 10.2. The van der Waals surface area contributed by atoms with E-state index in [0.29, 0.717) is 0 Å². The SMILES string of the molecule is CCN(C(=O)C(=O)Nc1ccc(F)c(F)c1)C1CCS(=O)(=O)C1. The summed E-state index contributed by atoms with van der Waals surface area (Å²) in [6, 6.07) is 2.17. The average Bonchev–Trinajstić information content (AvgIpc) is 2.83. The van der Waals surface area contributed by atoms with Gasteiger partial charge >= 0.3 is 11.8 Å². The van der Waals surface area contributed by atoms with Gasteiger partial charge in [0.05, 0.1) is 11.5 Å². The smallest absolute Gasteiger partial charge is 0.313 e. The van der Waals surface area contributed by atoms with Crippen LogP contribution in [0.15, 0.2) is 18.2 Å². The molecule has 1 heterocycles. The van der Waals surface area contributed by atoms with Crippen LogP contribution >= 0.6 is 0 Å². The summed E-state index contributed by atoms with van der Waals surface area (Å²) < 4.78 is 48.9. The van der Waals surface area contributed by atoms with Gasteiger partial charge in [0.2, 0.25) is 0 Å². The van der Waals surface area contributed by atoms with Gasteiger partial charge in [-0.3, -0.25) is 9.59 Å². The monoisotopic (exact) mass is 346 g/mol. The van der Waals surface area contributed by atoms with Gasteiger partial charge < -0.3 is 10.2 Å². The lowest BCUT2D eigenvalue weighted by Gasteiger charge is -2.26. The topological polar surface area (TPSA) is 83.6 Å². The van der Waals surface area contributed by atoms with E-state index in [-0.39, 0.29) is 30.2 Å². The predicted octanol–water partition coefficient (Wildman–Crippen LogP) is 0.939. The molecule has 126 valence electrons. The van der Waals surface area contributed by atoms with Crippen LogP contribution in [0.1, 0.15) is 13.3 Å². The number of nitrogens with one attached hydrogen (secondary N) is 1. The van der Waals surface area contributed by atoms with E-state index >= 15 is 0 Å². The van der Waals surface area contributed by atoms with Crippen LogP contribution in [-0.2, 0) is 19.4 Å². The number of amides is 2. The van der Waals surface area contributed by atoms with Crippen molar-refractivity contribution in [3.63, 3.8) is 0 Å². The van der Waals surface area contributed by atoms with Gasteiger partial charge in [-0.15, -0.1) is 0 Å². The molecule has 1 aromatic carbocycles. The van der Waals surface area contributed by atoms with Gasteiger partial charge in [0.1, 0.15) is 0 Å². The quantitative estimate of drug-likeness (QED) is 0.826. The first-order valence-electron chi connectivity index (χ1n) is 7.01. The summed E-state index contributed by atoms with van der Waals surface area (Å²) >= 11 is 0. The first-order chi connectivity index (χ1) is 10.7. The van der Waals surface area contributed by atoms with Gasteiger partial charge in [-0.1, -0.05) is 0 Å². The lowest BCUT2D eigenvalue weighted by molar-refractivity contribution is -0.144. The summed E-state index contributed by atoms with van der Waals surface area (Å²) in [4.78, 5) is 25.3. The highest BCUT2D eigenvalue weighted by atomic mass is 32.2. The maximum absolute atomic E-state index is 13.1. The molecule has 1 fully saturated rings. The van der Waals surface area contributed by atoms with E-state index in [9.17, 15) is 26.8 Å². The molecule has 2 rings (SSSR count). The first kappa shape index (κ1) is 17.3. The molecular formula is C14H16F2N2O4S. The van der Waals surface area contributed by atoms with Gasteiger partial charge in [-0.25, -0.2) is 17.2 Å². The van der Waals surface area contributed by atoms with Crippen LogP contribution in [0.4, 0.5) is 14.5 Å². The van der Waals surface area contributed by atoms with E-state index < -0.39 is 39.3 Å². The van der Waals surface area contributed by atoms with E-state index in [2.05, 4.69) is 5.32 Å². The molecule has 23 heavy (non-hydrogen) atoms. The Bertz CT molecular complexity index is 736. The van der Waals surface area contributed by atoms with Gasteiger partial charge in [0.15, 0.2) is 21.5 Å². The zero-order valence-electron chi connectivity index (χ0n) is 12.4. The molecule has 1 aromatic rings. The Kier molecular flexibility index (Phi) is 4.98. The van der Waals surface area contributed by atoms with Gasteiger partial charge in [-0.2, -0.15) is 0 Å². The van der Waals surface area contributed by atoms with Crippen molar-refractivity contribution in [2.75, 3.05) is 23.4 Å². The molecule has 0 aromatic heterocycles. The van der Waals surface area contributed by atoms with Gasteiger partial charge in [0, 0.05) is 24.3 Å². The van der Waals surface area contributed by atoms with Crippen LogP contribution in [0.5, 0.6) is 0 Å². The maximum atomic E-state index is 13.1. The van der Waals surface area contributed by atoms with Crippen LogP contribution < -0.4 is 5.32 Å². The lowest BCUT2D eigenvalue weighted by Crippen LogP contribution is -2.46. The number of sulfone groups is 1.